The molecule has 0 saturated carbocycles. The fourth-order valence-electron chi connectivity index (χ4n) is 1.68. The molecule has 0 radical (unpaired) electrons. The predicted octanol–water partition coefficient (Wildman–Crippen LogP) is 2.51. The van der Waals surface area contributed by atoms with Gasteiger partial charge < -0.3 is 10.1 Å². The Balaban J connectivity index is 1.75. The minimum absolute atomic E-state index is 0.210. The van der Waals surface area contributed by atoms with Gasteiger partial charge in [0, 0.05) is 34.4 Å². The molecule has 1 aliphatic rings. The van der Waals surface area contributed by atoms with Gasteiger partial charge in [0.2, 0.25) is 0 Å². The third-order valence-electron chi connectivity index (χ3n) is 2.55. The molecule has 19 heavy (non-hydrogen) atoms. The lowest BCUT2D eigenvalue weighted by Gasteiger charge is -2.20. The van der Waals surface area contributed by atoms with Crippen molar-refractivity contribution >= 4 is 46.0 Å². The fraction of sp³-hybridized carbons (Fsp3) is 0.667. The number of aromatic nitrogens is 1. The summed E-state index contributed by atoms with van der Waals surface area (Å²) >= 11 is 5.60. The van der Waals surface area contributed by atoms with Gasteiger partial charge in [0.05, 0.1) is 18.7 Å². The smallest absolute Gasteiger partial charge is 0.311 e. The summed E-state index contributed by atoms with van der Waals surface area (Å²) in [6.45, 7) is 3.18. The molecule has 106 valence electrons. The number of hydrogen-bond acceptors (Lipinski definition) is 7. The summed E-state index contributed by atoms with van der Waals surface area (Å²) in [5, 5.41) is 6.84. The first-order valence-corrected chi connectivity index (χ1v) is 9.39. The molecular weight excluding hydrogens is 300 g/mol. The van der Waals surface area contributed by atoms with Gasteiger partial charge in [-0.3, -0.25) is 4.79 Å². The molecule has 1 fully saturated rings. The number of thiazole rings is 1. The Hall–Kier alpha value is -0.400. The SMILES string of the molecule is CCOC(=O)Cc1csc(NCC2CSCCS2)n1. The van der Waals surface area contributed by atoms with E-state index in [0.717, 1.165) is 17.4 Å². The Morgan fingerprint density at radius 3 is 3.21 bits per heavy atom. The third-order valence-corrected chi connectivity index (χ3v) is 6.24. The highest BCUT2D eigenvalue weighted by Crippen LogP contribution is 2.25. The normalized spacial score (nSPS) is 19.1. The second-order valence-corrected chi connectivity index (χ2v) is 7.49. The molecule has 2 heterocycles. The predicted molar refractivity (Wildman–Crippen MR) is 84.5 cm³/mol. The number of ether oxygens (including phenoxy) is 1. The Morgan fingerprint density at radius 1 is 1.58 bits per heavy atom. The van der Waals surface area contributed by atoms with Crippen LogP contribution in [0.3, 0.4) is 0 Å². The number of rotatable bonds is 6. The molecule has 0 aromatic carbocycles. The first kappa shape index (κ1) is 15.0. The number of carbonyl (C=O) groups excluding carboxylic acids is 1. The van der Waals surface area contributed by atoms with Gasteiger partial charge in [0.25, 0.3) is 0 Å². The van der Waals surface area contributed by atoms with Gasteiger partial charge in [-0.1, -0.05) is 0 Å². The molecule has 0 aliphatic carbocycles. The van der Waals surface area contributed by atoms with Crippen LogP contribution in [0.4, 0.5) is 5.13 Å². The van der Waals surface area contributed by atoms with Crippen LogP contribution in [0.2, 0.25) is 0 Å². The summed E-state index contributed by atoms with van der Waals surface area (Å²) in [7, 11) is 0. The molecule has 1 aliphatic heterocycles. The van der Waals surface area contributed by atoms with E-state index in [0.29, 0.717) is 11.9 Å². The van der Waals surface area contributed by atoms with Crippen molar-refractivity contribution in [3.05, 3.63) is 11.1 Å². The lowest BCUT2D eigenvalue weighted by atomic mass is 10.3. The maximum atomic E-state index is 11.3. The van der Waals surface area contributed by atoms with Crippen molar-refractivity contribution < 1.29 is 9.53 Å². The summed E-state index contributed by atoms with van der Waals surface area (Å²) in [6.07, 6.45) is 0.264. The highest BCUT2D eigenvalue weighted by Gasteiger charge is 2.15. The molecule has 0 bridgehead atoms. The maximum Gasteiger partial charge on any atom is 0.311 e. The number of nitrogens with one attached hydrogen (secondary N) is 1. The van der Waals surface area contributed by atoms with Crippen molar-refractivity contribution in [1.82, 2.24) is 4.98 Å². The second-order valence-electron chi connectivity index (χ2n) is 4.07. The van der Waals surface area contributed by atoms with Gasteiger partial charge in [-0.15, -0.1) is 11.3 Å². The van der Waals surface area contributed by atoms with Crippen LogP contribution in [-0.2, 0) is 16.0 Å². The van der Waals surface area contributed by atoms with E-state index in [1.165, 1.54) is 17.3 Å². The van der Waals surface area contributed by atoms with E-state index in [1.807, 2.05) is 35.8 Å². The van der Waals surface area contributed by atoms with Crippen molar-refractivity contribution in [2.24, 2.45) is 0 Å². The van der Waals surface area contributed by atoms with Gasteiger partial charge in [-0.05, 0) is 6.92 Å². The lowest BCUT2D eigenvalue weighted by Crippen LogP contribution is -2.23. The van der Waals surface area contributed by atoms with Crippen LogP contribution in [0.15, 0.2) is 5.38 Å². The molecule has 4 nitrogen and oxygen atoms in total. The molecule has 7 heteroatoms. The topological polar surface area (TPSA) is 51.2 Å². The van der Waals surface area contributed by atoms with Gasteiger partial charge in [0.15, 0.2) is 5.13 Å². The van der Waals surface area contributed by atoms with E-state index in [-0.39, 0.29) is 12.4 Å². The number of hydrogen-bond donors (Lipinski definition) is 1. The zero-order chi connectivity index (χ0) is 13.5. The Labute approximate surface area is 126 Å². The van der Waals surface area contributed by atoms with Crippen LogP contribution in [0.25, 0.3) is 0 Å². The molecule has 1 aromatic heterocycles. The van der Waals surface area contributed by atoms with E-state index in [4.69, 9.17) is 4.74 Å². The number of anilines is 1. The quantitative estimate of drug-likeness (QED) is 0.813. The summed E-state index contributed by atoms with van der Waals surface area (Å²) < 4.78 is 4.91. The molecule has 1 atom stereocenters. The van der Waals surface area contributed by atoms with Gasteiger partial charge in [0.1, 0.15) is 0 Å². The molecule has 1 N–H and O–H groups in total. The van der Waals surface area contributed by atoms with Crippen molar-refractivity contribution in [3.8, 4) is 0 Å². The van der Waals surface area contributed by atoms with E-state index >= 15 is 0 Å². The molecule has 0 spiro atoms. The Morgan fingerprint density at radius 2 is 2.47 bits per heavy atom. The number of nitrogens with zero attached hydrogens (tertiary/aromatic N) is 1. The number of thioether (sulfide) groups is 2. The van der Waals surface area contributed by atoms with E-state index < -0.39 is 0 Å². The third kappa shape index (κ3) is 5.24. The molecular formula is C12H18N2O2S3. The average Bonchev–Trinajstić information content (AvgIpc) is 2.85. The zero-order valence-corrected chi connectivity index (χ0v) is 13.3. The van der Waals surface area contributed by atoms with Gasteiger partial charge >= 0.3 is 5.97 Å². The maximum absolute atomic E-state index is 11.3. The highest BCUT2D eigenvalue weighted by atomic mass is 32.2. The largest absolute Gasteiger partial charge is 0.466 e. The second kappa shape index (κ2) is 8.01. The fourth-order valence-corrected chi connectivity index (χ4v) is 5.02. The monoisotopic (exact) mass is 318 g/mol. The van der Waals surface area contributed by atoms with Crippen molar-refractivity contribution in [1.29, 1.82) is 0 Å². The first-order chi connectivity index (χ1) is 9.28. The standard InChI is InChI=1S/C12H18N2O2S3/c1-2-16-11(15)5-9-7-19-12(14-9)13-6-10-8-17-3-4-18-10/h7,10H,2-6,8H2,1H3,(H,13,14). The molecule has 2 rings (SSSR count). The lowest BCUT2D eigenvalue weighted by molar-refractivity contribution is -0.142. The van der Waals surface area contributed by atoms with Crippen LogP contribution >= 0.6 is 34.9 Å². The van der Waals surface area contributed by atoms with Crippen LogP contribution in [0.1, 0.15) is 12.6 Å². The number of esters is 1. The van der Waals surface area contributed by atoms with Crippen LogP contribution in [0, 0.1) is 0 Å². The van der Waals surface area contributed by atoms with Crippen LogP contribution < -0.4 is 5.32 Å². The zero-order valence-electron chi connectivity index (χ0n) is 10.9. The van der Waals surface area contributed by atoms with Crippen molar-refractivity contribution in [3.63, 3.8) is 0 Å². The highest BCUT2D eigenvalue weighted by molar-refractivity contribution is 8.06. The van der Waals surface area contributed by atoms with Gasteiger partial charge in [-0.25, -0.2) is 4.98 Å². The molecule has 1 aromatic rings. The van der Waals surface area contributed by atoms with Crippen molar-refractivity contribution in [2.75, 3.05) is 35.7 Å². The summed E-state index contributed by atoms with van der Waals surface area (Å²) in [5.41, 5.74) is 0.789. The van der Waals surface area contributed by atoms with E-state index in [9.17, 15) is 4.79 Å². The summed E-state index contributed by atoms with van der Waals surface area (Å²) in [4.78, 5) is 15.8. The summed E-state index contributed by atoms with van der Waals surface area (Å²) in [6, 6.07) is 0. The Bertz CT molecular complexity index is 405. The molecule has 0 amide bonds. The van der Waals surface area contributed by atoms with E-state index in [1.54, 1.807) is 11.3 Å². The van der Waals surface area contributed by atoms with Crippen molar-refractivity contribution in [2.45, 2.75) is 18.6 Å². The number of carbonyl (C=O) groups is 1. The van der Waals surface area contributed by atoms with Crippen LogP contribution in [-0.4, -0.2) is 46.6 Å². The molecule has 1 saturated heterocycles. The Kier molecular flexibility index (Phi) is 6.33. The minimum Gasteiger partial charge on any atom is -0.466 e. The van der Waals surface area contributed by atoms with E-state index in [2.05, 4.69) is 10.3 Å². The minimum atomic E-state index is -0.210. The average molecular weight is 318 g/mol. The molecule has 1 unspecified atom stereocenters. The first-order valence-electron chi connectivity index (χ1n) is 6.31. The van der Waals surface area contributed by atoms with Crippen LogP contribution in [0.5, 0.6) is 0 Å². The summed E-state index contributed by atoms with van der Waals surface area (Å²) in [5.74, 6) is 3.50. The van der Waals surface area contributed by atoms with Gasteiger partial charge in [-0.2, -0.15) is 23.5 Å².